The molecule has 90 heavy (non-hydrogen) atoms. The molecule has 9 atom stereocenters. The maximum atomic E-state index is 15.0. The normalized spacial score (nSPS) is 14.6. The van der Waals surface area contributed by atoms with E-state index in [1.165, 1.54) is 18.9 Å². The second kappa shape index (κ2) is 34.6. The number of nitrogens with one attached hydrogen (secondary N) is 5. The zero-order valence-corrected chi connectivity index (χ0v) is 54.9. The van der Waals surface area contributed by atoms with Crippen LogP contribution in [0.1, 0.15) is 143 Å². The molecule has 0 aromatic heterocycles. The zero-order chi connectivity index (χ0) is 66.3. The number of hydrogen-bond donors (Lipinski definition) is 6. The van der Waals surface area contributed by atoms with Gasteiger partial charge in [0.05, 0.1) is 11.5 Å². The van der Waals surface area contributed by atoms with Crippen molar-refractivity contribution in [2.45, 2.75) is 182 Å². The Bertz CT molecular complexity index is 3010. The molecule has 6 amide bonds. The van der Waals surface area contributed by atoms with E-state index in [2.05, 4.69) is 26.6 Å². The van der Waals surface area contributed by atoms with Gasteiger partial charge in [-0.05, 0) is 98.2 Å². The molecule has 0 bridgehead atoms. The molecule has 0 saturated carbocycles. The lowest BCUT2D eigenvalue weighted by Gasteiger charge is -2.36. The number of nitrogens with two attached hydrogens (primary N) is 1. The fourth-order valence-electron chi connectivity index (χ4n) is 10.4. The first-order valence-electron chi connectivity index (χ1n) is 31.5. The minimum atomic E-state index is -1.74. The Labute approximate surface area is 532 Å². The third-order valence-corrected chi connectivity index (χ3v) is 16.3. The maximum Gasteiger partial charge on any atom is 0.329 e. The summed E-state index contributed by atoms with van der Waals surface area (Å²) in [6.45, 7) is 21.5. The first-order valence-corrected chi connectivity index (χ1v) is 31.5. The van der Waals surface area contributed by atoms with Crippen LogP contribution in [-0.2, 0) is 66.3 Å². The molecule has 5 aromatic rings. The number of amides is 6. The Morgan fingerprint density at radius 2 is 1.06 bits per heavy atom. The molecule has 5 aromatic carbocycles. The summed E-state index contributed by atoms with van der Waals surface area (Å²) >= 11 is 0. The number of esters is 2. The number of benzene rings is 5. The van der Waals surface area contributed by atoms with Gasteiger partial charge in [0.1, 0.15) is 54.3 Å². The lowest BCUT2D eigenvalue weighted by molar-refractivity contribution is -0.158. The van der Waals surface area contributed by atoms with Crippen molar-refractivity contribution in [2.75, 3.05) is 13.6 Å². The molecule has 18 heteroatoms. The molecule has 0 aliphatic rings. The third kappa shape index (κ3) is 21.1. The molecule has 0 fully saturated rings. The van der Waals surface area contributed by atoms with E-state index in [0.29, 0.717) is 29.7 Å². The van der Waals surface area contributed by atoms with Crippen LogP contribution in [0.2, 0.25) is 0 Å². The quantitative estimate of drug-likeness (QED) is 0.0170. The number of likely N-dealkylation sites (N-methyl/N-ethyl adjacent to an activating group) is 1. The van der Waals surface area contributed by atoms with Crippen LogP contribution in [-0.4, -0.2) is 114 Å². The first-order chi connectivity index (χ1) is 42.7. The first kappa shape index (κ1) is 72.4. The van der Waals surface area contributed by atoms with Crippen molar-refractivity contribution in [3.05, 3.63) is 173 Å². The van der Waals surface area contributed by atoms with E-state index in [0.717, 1.165) is 16.7 Å². The Morgan fingerprint density at radius 3 is 1.54 bits per heavy atom. The van der Waals surface area contributed by atoms with Crippen molar-refractivity contribution in [1.82, 2.24) is 31.5 Å². The van der Waals surface area contributed by atoms with E-state index in [1.54, 1.807) is 69.3 Å². The van der Waals surface area contributed by atoms with E-state index in [1.807, 2.05) is 152 Å². The second-order valence-electron chi connectivity index (χ2n) is 25.3. The predicted molar refractivity (Wildman–Crippen MR) is 349 cm³/mol. The van der Waals surface area contributed by atoms with Crippen LogP contribution in [0.3, 0.4) is 0 Å². The molecular formula is C72H97N7O11. The lowest BCUT2D eigenvalue weighted by atomic mass is 9.69. The number of carbonyl (C=O) groups excluding carboxylic acids is 8. The largest absolute Gasteiger partial charge is 0.488 e. The SMILES string of the molecule is CC[C@H](C)[C@H](N)C(=O)N(C)[C@@H](Cc1ccc(OC(C)(C)C)cc1)C(=O)N[C@H](C(=O)O[C@H](C)[C@H](NC(=O)[C@H](CCC(=O)NCC(c1ccccc1)(c1ccccc1)c1ccccc1)NC(=O)C(C)C)C(=O)N[C@@H](CC(C)C)C(=O)OCc1ccccc1)[C@@H](C)CC. The van der Waals surface area contributed by atoms with Crippen molar-refractivity contribution >= 4 is 47.4 Å². The van der Waals surface area contributed by atoms with Gasteiger partial charge in [-0.15, -0.1) is 0 Å². The van der Waals surface area contributed by atoms with Gasteiger partial charge in [0.2, 0.25) is 35.4 Å². The van der Waals surface area contributed by atoms with Crippen LogP contribution in [0.4, 0.5) is 0 Å². The van der Waals surface area contributed by atoms with Gasteiger partial charge in [-0.25, -0.2) is 9.59 Å². The van der Waals surface area contributed by atoms with Gasteiger partial charge in [0.25, 0.3) is 0 Å². The predicted octanol–water partition coefficient (Wildman–Crippen LogP) is 8.90. The van der Waals surface area contributed by atoms with Crippen LogP contribution >= 0.6 is 0 Å². The van der Waals surface area contributed by atoms with E-state index < -0.39 is 113 Å². The van der Waals surface area contributed by atoms with Gasteiger partial charge in [-0.3, -0.25) is 28.8 Å². The molecule has 0 unspecified atom stereocenters. The molecule has 0 saturated heterocycles. The highest BCUT2D eigenvalue weighted by molar-refractivity contribution is 5.95. The summed E-state index contributed by atoms with van der Waals surface area (Å²) in [7, 11) is 1.50. The summed E-state index contributed by atoms with van der Waals surface area (Å²) in [4.78, 5) is 117. The summed E-state index contributed by atoms with van der Waals surface area (Å²) in [5.41, 5.74) is 9.34. The van der Waals surface area contributed by atoms with Crippen LogP contribution < -0.4 is 37.1 Å². The van der Waals surface area contributed by atoms with Crippen molar-refractivity contribution in [2.24, 2.45) is 29.4 Å². The summed E-state index contributed by atoms with van der Waals surface area (Å²) in [6.07, 6.45) is -0.883. The van der Waals surface area contributed by atoms with Crippen molar-refractivity contribution in [3.8, 4) is 5.75 Å². The van der Waals surface area contributed by atoms with Gasteiger partial charge >= 0.3 is 11.9 Å². The number of hydrogen-bond acceptors (Lipinski definition) is 12. The van der Waals surface area contributed by atoms with Crippen LogP contribution in [0.5, 0.6) is 5.75 Å². The van der Waals surface area contributed by atoms with E-state index in [-0.39, 0.29) is 50.7 Å². The average Bonchev–Trinajstić information content (AvgIpc) is 0.805. The summed E-state index contributed by atoms with van der Waals surface area (Å²) in [5.74, 6) is -6.59. The minimum Gasteiger partial charge on any atom is -0.488 e. The molecule has 0 aliphatic heterocycles. The van der Waals surface area contributed by atoms with Gasteiger partial charge in [0.15, 0.2) is 0 Å². The summed E-state index contributed by atoms with van der Waals surface area (Å²) in [6, 6.07) is 37.8. The second-order valence-corrected chi connectivity index (χ2v) is 25.3. The molecule has 0 aliphatic carbocycles. The lowest BCUT2D eigenvalue weighted by Crippen LogP contribution is -2.61. The van der Waals surface area contributed by atoms with Gasteiger partial charge in [-0.1, -0.05) is 202 Å². The Morgan fingerprint density at radius 1 is 0.556 bits per heavy atom. The number of rotatable bonds is 33. The fraction of sp³-hybridized carbons (Fsp3) is 0.472. The van der Waals surface area contributed by atoms with Crippen molar-refractivity contribution < 1.29 is 52.6 Å². The van der Waals surface area contributed by atoms with Gasteiger partial charge in [0, 0.05) is 32.4 Å². The zero-order valence-electron chi connectivity index (χ0n) is 54.9. The molecule has 0 spiro atoms. The summed E-state index contributed by atoms with van der Waals surface area (Å²) < 4.78 is 17.9. The Balaban J connectivity index is 1.48. The number of ether oxygens (including phenoxy) is 3. The van der Waals surface area contributed by atoms with Gasteiger partial charge < -0.3 is 51.4 Å². The van der Waals surface area contributed by atoms with Crippen molar-refractivity contribution in [1.29, 1.82) is 0 Å². The number of nitrogens with zero attached hydrogens (tertiary/aromatic N) is 1. The van der Waals surface area contributed by atoms with E-state index in [9.17, 15) is 38.4 Å². The molecule has 486 valence electrons. The topological polar surface area (TPSA) is 254 Å². The van der Waals surface area contributed by atoms with E-state index >= 15 is 0 Å². The minimum absolute atomic E-state index is 0.0292. The smallest absolute Gasteiger partial charge is 0.329 e. The molecule has 18 nitrogen and oxygen atoms in total. The standard InChI is InChI=1S/C72H97N7O11/c1-14-48(7)61(73)68(85)79(13)59(43-51-36-38-56(39-37-51)90-71(10,11)12)66(83)77-62(49(8)15-2)70(87)89-50(9)63(67(84)76-58(42-46(3)4)69(86)88-44-52-28-20-16-21-29-52)78-65(82)57(75-64(81)47(5)6)40-41-60(80)74-45-72(53-30-22-17-23-31-53,54-32-24-18-25-33-54)55-34-26-19-27-35-55/h16-39,46-50,57-59,61-63H,14-15,40-45,73H2,1-13H3,(H,74,80)(H,75,81)(H,76,84)(H,77,83)(H,78,82)/t48-,49-,50+,57-,58-,59-,61-,62-,63-/m0/s1. The number of carbonyl (C=O) groups is 8. The highest BCUT2D eigenvalue weighted by Gasteiger charge is 2.41. The maximum absolute atomic E-state index is 15.0. The van der Waals surface area contributed by atoms with Crippen LogP contribution in [0.15, 0.2) is 146 Å². The molecule has 5 rings (SSSR count). The van der Waals surface area contributed by atoms with Gasteiger partial charge in [-0.2, -0.15) is 0 Å². The fourth-order valence-corrected chi connectivity index (χ4v) is 10.4. The Kier molecular flexibility index (Phi) is 27.8. The highest BCUT2D eigenvalue weighted by Crippen LogP contribution is 2.39. The molecular weight excluding hydrogens is 1140 g/mol. The average molecular weight is 1240 g/mol. The van der Waals surface area contributed by atoms with Crippen LogP contribution in [0.25, 0.3) is 0 Å². The highest BCUT2D eigenvalue weighted by atomic mass is 16.5. The monoisotopic (exact) mass is 1240 g/mol. The van der Waals surface area contributed by atoms with Crippen LogP contribution in [0, 0.1) is 23.7 Å². The Hall–Kier alpha value is -8.38. The van der Waals surface area contributed by atoms with E-state index in [4.69, 9.17) is 19.9 Å². The van der Waals surface area contributed by atoms with Crippen molar-refractivity contribution in [3.63, 3.8) is 0 Å². The molecule has 0 radical (unpaired) electrons. The molecule has 7 N–H and O–H groups in total. The molecule has 0 heterocycles. The summed E-state index contributed by atoms with van der Waals surface area (Å²) in [5, 5.41) is 14.3. The third-order valence-electron chi connectivity index (χ3n) is 16.3.